The van der Waals surface area contributed by atoms with Gasteiger partial charge >= 0.3 is 6.18 Å². The summed E-state index contributed by atoms with van der Waals surface area (Å²) >= 11 is 0. The summed E-state index contributed by atoms with van der Waals surface area (Å²) in [6, 6.07) is 8.24. The number of carbonyl (C=O) groups excluding carboxylic acids is 1. The summed E-state index contributed by atoms with van der Waals surface area (Å²) in [5.74, 6) is -1.87. The molecule has 0 saturated heterocycles. The van der Waals surface area contributed by atoms with Gasteiger partial charge in [0.25, 0.3) is 5.91 Å². The monoisotopic (exact) mass is 383 g/mol. The number of nitrogens with one attached hydrogen (secondary N) is 2. The zero-order valence-electron chi connectivity index (χ0n) is 14.2. The van der Waals surface area contributed by atoms with E-state index >= 15 is 0 Å². The Bertz CT molecular complexity index is 835. The van der Waals surface area contributed by atoms with Crippen molar-refractivity contribution in [2.24, 2.45) is 5.73 Å². The zero-order valence-corrected chi connectivity index (χ0v) is 14.2. The molecule has 2 rings (SSSR count). The maximum atomic E-state index is 14.0. The largest absolute Gasteiger partial charge is 0.416 e. The fraction of sp³-hybridized carbons (Fsp3) is 0.222. The first kappa shape index (κ1) is 20.4. The molecule has 2 aromatic carbocycles. The standard InChI is InChI=1S/C18H17F4N3O2/c1-27-15(13-8-12(18(20,21)22)6-7-14(13)19)17(26)25-9-10-2-4-11(5-3-10)16(23)24/h2-8,15H,9H2,1H3,(H3,23,24)(H,25,26)/t15-/m0/s1. The van der Waals surface area contributed by atoms with Crippen molar-refractivity contribution >= 4 is 11.7 Å². The van der Waals surface area contributed by atoms with Crippen LogP contribution in [0, 0.1) is 11.2 Å². The van der Waals surface area contributed by atoms with Crippen LogP contribution in [0.5, 0.6) is 0 Å². The second-order valence-electron chi connectivity index (χ2n) is 5.68. The number of amidine groups is 1. The summed E-state index contributed by atoms with van der Waals surface area (Å²) < 4.78 is 57.4. The van der Waals surface area contributed by atoms with E-state index < -0.39 is 35.1 Å². The number of methoxy groups -OCH3 is 1. The Hall–Kier alpha value is -2.94. The van der Waals surface area contributed by atoms with Gasteiger partial charge in [-0.1, -0.05) is 24.3 Å². The molecule has 0 aliphatic heterocycles. The molecule has 4 N–H and O–H groups in total. The van der Waals surface area contributed by atoms with Gasteiger partial charge in [0.2, 0.25) is 0 Å². The fourth-order valence-corrected chi connectivity index (χ4v) is 2.38. The molecule has 0 aliphatic rings. The second kappa shape index (κ2) is 8.17. The van der Waals surface area contributed by atoms with Crippen LogP contribution in [0.3, 0.4) is 0 Å². The van der Waals surface area contributed by atoms with Crippen LogP contribution in [0.2, 0.25) is 0 Å². The number of amides is 1. The number of ether oxygens (including phenoxy) is 1. The molecule has 1 amide bonds. The third-order valence-electron chi connectivity index (χ3n) is 3.81. The molecule has 0 saturated carbocycles. The Kier molecular flexibility index (Phi) is 6.17. The molecule has 27 heavy (non-hydrogen) atoms. The number of nitrogens with two attached hydrogens (primary N) is 1. The van der Waals surface area contributed by atoms with Crippen LogP contribution in [0.1, 0.15) is 28.4 Å². The predicted octanol–water partition coefficient (Wildman–Crippen LogP) is 3.13. The van der Waals surface area contributed by atoms with E-state index in [-0.39, 0.29) is 12.4 Å². The van der Waals surface area contributed by atoms with Gasteiger partial charge in [0.15, 0.2) is 6.10 Å². The minimum absolute atomic E-state index is 0.0391. The van der Waals surface area contributed by atoms with Crippen LogP contribution in [0.15, 0.2) is 42.5 Å². The van der Waals surface area contributed by atoms with Gasteiger partial charge in [0, 0.05) is 24.8 Å². The number of carbonyl (C=O) groups is 1. The van der Waals surface area contributed by atoms with Crippen LogP contribution in [0.25, 0.3) is 0 Å². The van der Waals surface area contributed by atoms with Crippen molar-refractivity contribution in [3.05, 3.63) is 70.5 Å². The number of hydrogen-bond donors (Lipinski definition) is 3. The third-order valence-corrected chi connectivity index (χ3v) is 3.81. The summed E-state index contributed by atoms with van der Waals surface area (Å²) in [6.45, 7) is 0.0391. The van der Waals surface area contributed by atoms with E-state index in [1.165, 1.54) is 0 Å². The molecule has 5 nitrogen and oxygen atoms in total. The molecule has 0 unspecified atom stereocenters. The summed E-state index contributed by atoms with van der Waals surface area (Å²) in [6.07, 6.45) is -6.21. The number of halogens is 4. The smallest absolute Gasteiger partial charge is 0.384 e. The average molecular weight is 383 g/mol. The molecule has 0 radical (unpaired) electrons. The lowest BCUT2D eigenvalue weighted by atomic mass is 10.0. The van der Waals surface area contributed by atoms with Gasteiger partial charge < -0.3 is 15.8 Å². The van der Waals surface area contributed by atoms with Gasteiger partial charge in [-0.3, -0.25) is 10.2 Å². The predicted molar refractivity (Wildman–Crippen MR) is 90.5 cm³/mol. The third kappa shape index (κ3) is 5.04. The van der Waals surface area contributed by atoms with Crippen LogP contribution < -0.4 is 11.1 Å². The summed E-state index contributed by atoms with van der Waals surface area (Å²) in [5, 5.41) is 9.80. The van der Waals surface area contributed by atoms with Crippen molar-refractivity contribution in [3.63, 3.8) is 0 Å². The molecule has 9 heteroatoms. The summed E-state index contributed by atoms with van der Waals surface area (Å²) in [4.78, 5) is 12.3. The maximum Gasteiger partial charge on any atom is 0.416 e. The maximum absolute atomic E-state index is 14.0. The van der Waals surface area contributed by atoms with Gasteiger partial charge in [-0.2, -0.15) is 13.2 Å². The van der Waals surface area contributed by atoms with Crippen LogP contribution in [-0.2, 0) is 22.3 Å². The van der Waals surface area contributed by atoms with Crippen LogP contribution in [0.4, 0.5) is 17.6 Å². The zero-order chi connectivity index (χ0) is 20.2. The van der Waals surface area contributed by atoms with Gasteiger partial charge in [-0.25, -0.2) is 4.39 Å². The van der Waals surface area contributed by atoms with Crippen molar-refractivity contribution in [1.82, 2.24) is 5.32 Å². The molecule has 0 heterocycles. The molecular weight excluding hydrogens is 366 g/mol. The Morgan fingerprint density at radius 3 is 2.37 bits per heavy atom. The van der Waals surface area contributed by atoms with E-state index in [1.807, 2.05) is 0 Å². The van der Waals surface area contributed by atoms with Gasteiger partial charge in [0.05, 0.1) is 5.56 Å². The SMILES string of the molecule is CO[C@H](C(=O)NCc1ccc(C(=N)N)cc1)c1cc(C(F)(F)F)ccc1F. The Morgan fingerprint density at radius 2 is 1.85 bits per heavy atom. The first-order valence-electron chi connectivity index (χ1n) is 7.74. The number of alkyl halides is 3. The Morgan fingerprint density at radius 1 is 1.22 bits per heavy atom. The molecule has 0 fully saturated rings. The van der Waals surface area contributed by atoms with Gasteiger partial charge in [0.1, 0.15) is 11.7 Å². The highest BCUT2D eigenvalue weighted by Crippen LogP contribution is 2.32. The minimum atomic E-state index is -4.67. The summed E-state index contributed by atoms with van der Waals surface area (Å²) in [7, 11) is 1.10. The van der Waals surface area contributed by atoms with Crippen molar-refractivity contribution in [2.75, 3.05) is 7.11 Å². The van der Waals surface area contributed by atoms with E-state index in [2.05, 4.69) is 5.32 Å². The normalized spacial score (nSPS) is 12.5. The van der Waals surface area contributed by atoms with Crippen molar-refractivity contribution in [2.45, 2.75) is 18.8 Å². The number of hydrogen-bond acceptors (Lipinski definition) is 3. The molecular formula is C18H17F4N3O2. The highest BCUT2D eigenvalue weighted by molar-refractivity contribution is 5.94. The van der Waals surface area contributed by atoms with E-state index in [9.17, 15) is 22.4 Å². The average Bonchev–Trinajstić information content (AvgIpc) is 2.61. The number of rotatable bonds is 6. The van der Waals surface area contributed by atoms with E-state index in [4.69, 9.17) is 15.9 Å². The van der Waals surface area contributed by atoms with Gasteiger partial charge in [-0.15, -0.1) is 0 Å². The molecule has 0 bridgehead atoms. The topological polar surface area (TPSA) is 88.2 Å². The van der Waals surface area contributed by atoms with Crippen molar-refractivity contribution in [3.8, 4) is 0 Å². The van der Waals surface area contributed by atoms with E-state index in [0.717, 1.165) is 7.11 Å². The number of nitrogen functional groups attached to an aromatic ring is 1. The van der Waals surface area contributed by atoms with E-state index in [1.54, 1.807) is 24.3 Å². The van der Waals surface area contributed by atoms with Gasteiger partial charge in [-0.05, 0) is 23.8 Å². The highest BCUT2D eigenvalue weighted by Gasteiger charge is 2.33. The molecule has 0 spiro atoms. The lowest BCUT2D eigenvalue weighted by Gasteiger charge is -2.18. The van der Waals surface area contributed by atoms with Crippen molar-refractivity contribution < 1.29 is 27.1 Å². The molecule has 2 aromatic rings. The molecule has 144 valence electrons. The van der Waals surface area contributed by atoms with Crippen LogP contribution in [-0.4, -0.2) is 18.9 Å². The minimum Gasteiger partial charge on any atom is -0.384 e. The molecule has 1 atom stereocenters. The lowest BCUT2D eigenvalue weighted by Crippen LogP contribution is -2.30. The van der Waals surface area contributed by atoms with E-state index in [0.29, 0.717) is 29.3 Å². The molecule has 0 aliphatic carbocycles. The first-order valence-corrected chi connectivity index (χ1v) is 7.74. The molecule has 0 aromatic heterocycles. The highest BCUT2D eigenvalue weighted by atomic mass is 19.4. The Labute approximate surface area is 152 Å². The number of benzene rings is 2. The quantitative estimate of drug-likeness (QED) is 0.407. The van der Waals surface area contributed by atoms with Crippen molar-refractivity contribution in [1.29, 1.82) is 5.41 Å². The fourth-order valence-electron chi connectivity index (χ4n) is 2.38. The second-order valence-corrected chi connectivity index (χ2v) is 5.68. The van der Waals surface area contributed by atoms with Crippen LogP contribution >= 0.6 is 0 Å². The Balaban J connectivity index is 2.15. The summed E-state index contributed by atoms with van der Waals surface area (Å²) in [5.41, 5.74) is 4.93. The first-order chi connectivity index (χ1) is 12.6. The lowest BCUT2D eigenvalue weighted by molar-refractivity contribution is -0.138.